The number of nitrogens with zero attached hydrogens (tertiary/aromatic N) is 2. The Hall–Kier alpha value is -0.880. The van der Waals surface area contributed by atoms with Crippen LogP contribution in [0.15, 0.2) is 18.5 Å². The van der Waals surface area contributed by atoms with Crippen LogP contribution in [-0.2, 0) is 16.6 Å². The van der Waals surface area contributed by atoms with Crippen molar-refractivity contribution in [3.8, 4) is 0 Å². The third-order valence-electron chi connectivity index (χ3n) is 1.33. The molecule has 66 valence electrons. The molecule has 2 radical (unpaired) electrons. The normalized spacial score (nSPS) is 11.8. The summed E-state index contributed by atoms with van der Waals surface area (Å²) in [5, 5.41) is 3.84. The van der Waals surface area contributed by atoms with Gasteiger partial charge in [0.05, 0.1) is 19.3 Å². The van der Waals surface area contributed by atoms with Gasteiger partial charge in [-0.1, -0.05) is 0 Å². The fourth-order valence-electron chi connectivity index (χ4n) is 0.705. The van der Waals surface area contributed by atoms with E-state index in [4.69, 9.17) is 7.05 Å². The van der Waals surface area contributed by atoms with Gasteiger partial charge in [0.15, 0.2) is 0 Å². The zero-order chi connectivity index (χ0) is 9.03. The van der Waals surface area contributed by atoms with Gasteiger partial charge in [0, 0.05) is 12.4 Å². The first-order valence-corrected chi connectivity index (χ1v) is 4.97. The highest BCUT2D eigenvalue weighted by molar-refractivity contribution is 7.89. The van der Waals surface area contributed by atoms with Crippen molar-refractivity contribution >= 4 is 10.0 Å². The average molecular weight is 187 g/mol. The third-order valence-corrected chi connectivity index (χ3v) is 2.41. The lowest BCUT2D eigenvalue weighted by atomic mass is 10.7. The first-order valence-electron chi connectivity index (χ1n) is 3.31. The summed E-state index contributed by atoms with van der Waals surface area (Å²) in [6.45, 7) is 0.305. The maximum Gasteiger partial charge on any atom is 0.213 e. The van der Waals surface area contributed by atoms with E-state index < -0.39 is 10.0 Å². The van der Waals surface area contributed by atoms with Gasteiger partial charge in [-0.3, -0.25) is 4.68 Å². The summed E-state index contributed by atoms with van der Waals surface area (Å²) in [5.74, 6) is -0.0643. The second-order valence-electron chi connectivity index (χ2n) is 2.21. The molecule has 0 bridgehead atoms. The summed E-state index contributed by atoms with van der Waals surface area (Å²) in [5.41, 5.74) is 0. The predicted molar refractivity (Wildman–Crippen MR) is 43.4 cm³/mol. The number of hydrogen-bond donors (Lipinski definition) is 1. The van der Waals surface area contributed by atoms with Crippen LogP contribution in [0, 0.1) is 7.05 Å². The molecular formula is C6H9N3O2S. The lowest BCUT2D eigenvalue weighted by molar-refractivity contribution is 0.575. The Kier molecular flexibility index (Phi) is 2.83. The monoisotopic (exact) mass is 187 g/mol. The van der Waals surface area contributed by atoms with Gasteiger partial charge in [-0.15, -0.1) is 0 Å². The van der Waals surface area contributed by atoms with Gasteiger partial charge in [-0.05, 0) is 6.07 Å². The van der Waals surface area contributed by atoms with Crippen molar-refractivity contribution in [1.82, 2.24) is 14.5 Å². The van der Waals surface area contributed by atoms with Crippen LogP contribution < -0.4 is 4.72 Å². The number of hydrogen-bond acceptors (Lipinski definition) is 3. The summed E-state index contributed by atoms with van der Waals surface area (Å²) < 4.78 is 24.9. The molecule has 0 atom stereocenters. The smallest absolute Gasteiger partial charge is 0.213 e. The molecule has 1 aromatic heterocycles. The summed E-state index contributed by atoms with van der Waals surface area (Å²) in [6, 6.07) is 1.72. The molecule has 0 spiro atoms. The van der Waals surface area contributed by atoms with Crippen molar-refractivity contribution in [3.63, 3.8) is 0 Å². The molecule has 1 rings (SSSR count). The van der Waals surface area contributed by atoms with E-state index in [0.29, 0.717) is 6.54 Å². The molecule has 1 heterocycles. The maximum absolute atomic E-state index is 10.8. The Morgan fingerprint density at radius 3 is 2.83 bits per heavy atom. The Balaban J connectivity index is 2.47. The number of aryl methyl sites for hydroxylation is 1. The lowest BCUT2D eigenvalue weighted by Gasteiger charge is -2.01. The lowest BCUT2D eigenvalue weighted by Crippen LogP contribution is -2.23. The van der Waals surface area contributed by atoms with E-state index in [0.717, 1.165) is 0 Å². The Bertz CT molecular complexity index is 317. The van der Waals surface area contributed by atoms with E-state index in [1.54, 1.807) is 23.2 Å². The van der Waals surface area contributed by atoms with Crippen molar-refractivity contribution in [2.75, 3.05) is 5.75 Å². The van der Waals surface area contributed by atoms with E-state index in [1.807, 2.05) is 0 Å². The number of aromatic nitrogens is 2. The number of nitrogens with one attached hydrogen (secondary N) is 1. The maximum atomic E-state index is 10.8. The Labute approximate surface area is 71.4 Å². The summed E-state index contributed by atoms with van der Waals surface area (Å²) in [7, 11) is 1.45. The van der Waals surface area contributed by atoms with Gasteiger partial charge in [0.2, 0.25) is 10.0 Å². The fourth-order valence-corrected chi connectivity index (χ4v) is 1.25. The van der Waals surface area contributed by atoms with Crippen LogP contribution in [0.5, 0.6) is 0 Å². The highest BCUT2D eigenvalue weighted by Gasteiger charge is 2.06. The minimum absolute atomic E-state index is 0.0643. The topological polar surface area (TPSA) is 64.0 Å². The number of sulfonamides is 1. The van der Waals surface area contributed by atoms with Crippen LogP contribution >= 0.6 is 0 Å². The third kappa shape index (κ3) is 2.63. The van der Waals surface area contributed by atoms with E-state index in [1.165, 1.54) is 4.68 Å². The summed E-state index contributed by atoms with van der Waals surface area (Å²) in [6.07, 6.45) is 3.27. The van der Waals surface area contributed by atoms with Crippen molar-refractivity contribution in [3.05, 3.63) is 25.5 Å². The van der Waals surface area contributed by atoms with Gasteiger partial charge in [0.1, 0.15) is 0 Å². The van der Waals surface area contributed by atoms with Crippen molar-refractivity contribution in [2.24, 2.45) is 0 Å². The van der Waals surface area contributed by atoms with Crippen LogP contribution in [0.2, 0.25) is 0 Å². The summed E-state index contributed by atoms with van der Waals surface area (Å²) >= 11 is 0. The average Bonchev–Trinajstić information content (AvgIpc) is 2.53. The SMILES string of the molecule is [CH]NS(=O)(=O)CCn1cccn1. The molecule has 0 fully saturated rings. The molecule has 1 aromatic rings. The molecule has 0 aliphatic rings. The van der Waals surface area contributed by atoms with Gasteiger partial charge in [0.25, 0.3) is 0 Å². The van der Waals surface area contributed by atoms with E-state index >= 15 is 0 Å². The molecule has 12 heavy (non-hydrogen) atoms. The number of rotatable bonds is 4. The molecule has 1 N–H and O–H groups in total. The quantitative estimate of drug-likeness (QED) is 0.644. The van der Waals surface area contributed by atoms with E-state index in [2.05, 4.69) is 5.10 Å². The zero-order valence-electron chi connectivity index (χ0n) is 6.34. The molecule has 6 heteroatoms. The van der Waals surface area contributed by atoms with Gasteiger partial charge in [-0.2, -0.15) is 5.10 Å². The molecule has 0 saturated carbocycles. The zero-order valence-corrected chi connectivity index (χ0v) is 7.16. The van der Waals surface area contributed by atoms with Crippen LogP contribution in [0.1, 0.15) is 0 Å². The van der Waals surface area contributed by atoms with Crippen molar-refractivity contribution < 1.29 is 8.42 Å². The van der Waals surface area contributed by atoms with Crippen molar-refractivity contribution in [2.45, 2.75) is 6.54 Å². The van der Waals surface area contributed by atoms with Crippen LogP contribution in [0.4, 0.5) is 0 Å². The fraction of sp³-hybridized carbons (Fsp3) is 0.333. The van der Waals surface area contributed by atoms with Crippen LogP contribution in [-0.4, -0.2) is 24.0 Å². The summed E-state index contributed by atoms with van der Waals surface area (Å²) in [4.78, 5) is 0. The predicted octanol–water partition coefficient (Wildman–Crippen LogP) is -0.529. The van der Waals surface area contributed by atoms with E-state index in [-0.39, 0.29) is 5.75 Å². The van der Waals surface area contributed by atoms with Gasteiger partial charge >= 0.3 is 0 Å². The molecule has 0 saturated heterocycles. The second-order valence-corrected chi connectivity index (χ2v) is 4.08. The van der Waals surface area contributed by atoms with E-state index in [9.17, 15) is 8.42 Å². The highest BCUT2D eigenvalue weighted by atomic mass is 32.2. The minimum atomic E-state index is -3.33. The van der Waals surface area contributed by atoms with Gasteiger partial charge < -0.3 is 0 Å². The largest absolute Gasteiger partial charge is 0.272 e. The highest BCUT2D eigenvalue weighted by Crippen LogP contribution is 1.88. The van der Waals surface area contributed by atoms with Crippen molar-refractivity contribution in [1.29, 1.82) is 0 Å². The minimum Gasteiger partial charge on any atom is -0.272 e. The molecule has 0 aliphatic heterocycles. The molecule has 5 nitrogen and oxygen atoms in total. The van der Waals surface area contributed by atoms with Crippen LogP contribution in [0.25, 0.3) is 0 Å². The molecule has 0 aliphatic carbocycles. The molecule has 0 unspecified atom stereocenters. The van der Waals surface area contributed by atoms with Crippen LogP contribution in [0.3, 0.4) is 0 Å². The first-order chi connectivity index (χ1) is 5.64. The van der Waals surface area contributed by atoms with Gasteiger partial charge in [-0.25, -0.2) is 13.1 Å². The molecular weight excluding hydrogens is 178 g/mol. The molecule has 0 amide bonds. The second kappa shape index (κ2) is 3.68. The molecule has 0 aromatic carbocycles. The standard InChI is InChI=1S/C6H9N3O2S/c1-7-12(10,11)6-5-9-4-2-3-8-9/h1-4,7H,5-6H2. The Morgan fingerprint density at radius 1 is 1.58 bits per heavy atom. The Morgan fingerprint density at radius 2 is 2.33 bits per heavy atom. The first kappa shape index (κ1) is 9.21.